The van der Waals surface area contributed by atoms with Crippen molar-refractivity contribution in [1.82, 2.24) is 0 Å². The molecule has 0 aliphatic carbocycles. The summed E-state index contributed by atoms with van der Waals surface area (Å²) in [7, 11) is -3.12. The van der Waals surface area contributed by atoms with Crippen LogP contribution in [0.2, 0.25) is 0 Å². The summed E-state index contributed by atoms with van der Waals surface area (Å²) in [6.07, 6.45) is 0. The van der Waals surface area contributed by atoms with Crippen molar-refractivity contribution in [2.45, 2.75) is 31.7 Å². The fourth-order valence-corrected chi connectivity index (χ4v) is 2.52. The molecule has 0 heterocycles. The first-order valence-corrected chi connectivity index (χ1v) is 7.85. The number of nitrogens with two attached hydrogens (primary N) is 1. The Labute approximate surface area is 110 Å². The molecule has 0 spiro atoms. The molecule has 18 heavy (non-hydrogen) atoms. The second kappa shape index (κ2) is 6.20. The van der Waals surface area contributed by atoms with Crippen LogP contribution in [0.5, 0.6) is 0 Å². The van der Waals surface area contributed by atoms with Gasteiger partial charge in [0.15, 0.2) is 9.84 Å². The first-order valence-electron chi connectivity index (χ1n) is 6.20. The van der Waals surface area contributed by atoms with Crippen molar-refractivity contribution in [2.75, 3.05) is 17.6 Å². The summed E-state index contributed by atoms with van der Waals surface area (Å²) in [5.41, 5.74) is 6.58. The van der Waals surface area contributed by atoms with Gasteiger partial charge in [0.25, 0.3) is 0 Å². The molecule has 0 aliphatic heterocycles. The van der Waals surface area contributed by atoms with Crippen LogP contribution in [0.1, 0.15) is 20.8 Å². The third kappa shape index (κ3) is 3.71. The first kappa shape index (κ1) is 15.0. The van der Waals surface area contributed by atoms with Gasteiger partial charge in [0.2, 0.25) is 0 Å². The maximum absolute atomic E-state index is 11.7. The maximum atomic E-state index is 11.7. The number of rotatable bonds is 6. The Balaban J connectivity index is 2.84. The predicted molar refractivity (Wildman–Crippen MR) is 75.5 cm³/mol. The molecule has 0 saturated heterocycles. The molecule has 3 N–H and O–H groups in total. The number of anilines is 1. The van der Waals surface area contributed by atoms with Crippen molar-refractivity contribution in [2.24, 2.45) is 11.7 Å². The largest absolute Gasteiger partial charge is 0.381 e. The summed E-state index contributed by atoms with van der Waals surface area (Å²) in [6.45, 7) is 6.39. The van der Waals surface area contributed by atoms with Gasteiger partial charge in [-0.3, -0.25) is 0 Å². The lowest BCUT2D eigenvalue weighted by atomic mass is 10.0. The van der Waals surface area contributed by atoms with Gasteiger partial charge >= 0.3 is 0 Å². The Bertz CT molecular complexity index is 466. The van der Waals surface area contributed by atoms with Crippen LogP contribution < -0.4 is 11.1 Å². The minimum Gasteiger partial charge on any atom is -0.381 e. The highest BCUT2D eigenvalue weighted by Crippen LogP contribution is 2.17. The lowest BCUT2D eigenvalue weighted by Gasteiger charge is -2.21. The highest BCUT2D eigenvalue weighted by molar-refractivity contribution is 7.91. The van der Waals surface area contributed by atoms with Crippen LogP contribution in [0.3, 0.4) is 0 Å². The Kier molecular flexibility index (Phi) is 5.16. The molecule has 4 nitrogen and oxygen atoms in total. The van der Waals surface area contributed by atoms with Crippen LogP contribution in [-0.4, -0.2) is 26.8 Å². The van der Waals surface area contributed by atoms with Crippen molar-refractivity contribution in [3.05, 3.63) is 24.3 Å². The van der Waals surface area contributed by atoms with Crippen molar-refractivity contribution in [3.63, 3.8) is 0 Å². The second-order valence-corrected chi connectivity index (χ2v) is 6.94. The molecule has 5 heteroatoms. The number of hydrogen-bond acceptors (Lipinski definition) is 4. The van der Waals surface area contributed by atoms with Gasteiger partial charge in [0.05, 0.1) is 10.6 Å². The van der Waals surface area contributed by atoms with Gasteiger partial charge < -0.3 is 11.1 Å². The monoisotopic (exact) mass is 270 g/mol. The number of hydrogen-bond donors (Lipinski definition) is 2. The zero-order valence-electron chi connectivity index (χ0n) is 11.2. The third-order valence-corrected chi connectivity index (χ3v) is 4.75. The van der Waals surface area contributed by atoms with Crippen LogP contribution in [0.25, 0.3) is 0 Å². The molecule has 1 aromatic carbocycles. The molecule has 0 fully saturated rings. The lowest BCUT2D eigenvalue weighted by molar-refractivity contribution is 0.531. The van der Waals surface area contributed by atoms with E-state index in [1.807, 2.05) is 0 Å². The molecule has 1 rings (SSSR count). The Hall–Kier alpha value is -1.07. The molecule has 0 bridgehead atoms. The van der Waals surface area contributed by atoms with Gasteiger partial charge in [-0.1, -0.05) is 20.8 Å². The van der Waals surface area contributed by atoms with E-state index in [-0.39, 0.29) is 11.8 Å². The summed E-state index contributed by atoms with van der Waals surface area (Å²) in [6, 6.07) is 7.03. The summed E-state index contributed by atoms with van der Waals surface area (Å²) in [5.74, 6) is 0.547. The average Bonchev–Trinajstić information content (AvgIpc) is 2.36. The fourth-order valence-electron chi connectivity index (χ4n) is 1.64. The van der Waals surface area contributed by atoms with Crippen molar-refractivity contribution < 1.29 is 8.42 Å². The Morgan fingerprint density at radius 2 is 1.78 bits per heavy atom. The molecule has 0 aliphatic rings. The fraction of sp³-hybridized carbons (Fsp3) is 0.538. The zero-order chi connectivity index (χ0) is 13.8. The molecule has 1 aromatic rings. The Morgan fingerprint density at radius 3 is 2.17 bits per heavy atom. The van der Waals surface area contributed by atoms with Crippen LogP contribution in [-0.2, 0) is 9.84 Å². The van der Waals surface area contributed by atoms with E-state index >= 15 is 0 Å². The minimum atomic E-state index is -3.12. The van der Waals surface area contributed by atoms with E-state index in [4.69, 9.17) is 5.73 Å². The van der Waals surface area contributed by atoms with E-state index < -0.39 is 9.84 Å². The third-order valence-electron chi connectivity index (χ3n) is 3.00. The van der Waals surface area contributed by atoms with E-state index in [0.29, 0.717) is 17.4 Å². The van der Waals surface area contributed by atoms with E-state index in [2.05, 4.69) is 19.2 Å². The summed E-state index contributed by atoms with van der Waals surface area (Å²) >= 11 is 0. The number of sulfone groups is 1. The normalized spacial score (nSPS) is 13.6. The molecule has 0 amide bonds. The van der Waals surface area contributed by atoms with Crippen molar-refractivity contribution >= 4 is 15.5 Å². The van der Waals surface area contributed by atoms with E-state index in [9.17, 15) is 8.42 Å². The van der Waals surface area contributed by atoms with E-state index in [0.717, 1.165) is 5.69 Å². The maximum Gasteiger partial charge on any atom is 0.178 e. The SMILES string of the molecule is CCS(=O)(=O)c1ccc(NC(CN)C(C)C)cc1. The molecule has 1 atom stereocenters. The van der Waals surface area contributed by atoms with Crippen molar-refractivity contribution in [1.29, 1.82) is 0 Å². The topological polar surface area (TPSA) is 72.2 Å². The smallest absolute Gasteiger partial charge is 0.178 e. The molecule has 1 unspecified atom stereocenters. The quantitative estimate of drug-likeness (QED) is 0.828. The van der Waals surface area contributed by atoms with Gasteiger partial charge in [0, 0.05) is 18.3 Å². The molecule has 0 saturated carbocycles. The van der Waals surface area contributed by atoms with Gasteiger partial charge in [-0.15, -0.1) is 0 Å². The van der Waals surface area contributed by atoms with Crippen LogP contribution >= 0.6 is 0 Å². The van der Waals surface area contributed by atoms with Gasteiger partial charge in [-0.05, 0) is 30.2 Å². The Morgan fingerprint density at radius 1 is 1.22 bits per heavy atom. The van der Waals surface area contributed by atoms with Crippen LogP contribution in [0, 0.1) is 5.92 Å². The number of benzene rings is 1. The lowest BCUT2D eigenvalue weighted by Crippen LogP contribution is -2.33. The van der Waals surface area contributed by atoms with Crippen molar-refractivity contribution in [3.8, 4) is 0 Å². The van der Waals surface area contributed by atoms with Crippen LogP contribution in [0.15, 0.2) is 29.2 Å². The van der Waals surface area contributed by atoms with Gasteiger partial charge in [0.1, 0.15) is 0 Å². The minimum absolute atomic E-state index is 0.122. The summed E-state index contributed by atoms with van der Waals surface area (Å²) < 4.78 is 23.3. The van der Waals surface area contributed by atoms with E-state index in [1.54, 1.807) is 31.2 Å². The number of nitrogens with one attached hydrogen (secondary N) is 1. The molecular formula is C13H22N2O2S. The van der Waals surface area contributed by atoms with Crippen LogP contribution in [0.4, 0.5) is 5.69 Å². The second-order valence-electron chi connectivity index (χ2n) is 4.66. The van der Waals surface area contributed by atoms with E-state index in [1.165, 1.54) is 0 Å². The van der Waals surface area contributed by atoms with Gasteiger partial charge in [-0.25, -0.2) is 8.42 Å². The predicted octanol–water partition coefficient (Wildman–Crippen LogP) is 1.88. The summed E-state index contributed by atoms with van der Waals surface area (Å²) in [5, 5.41) is 3.30. The first-order chi connectivity index (χ1) is 8.40. The average molecular weight is 270 g/mol. The van der Waals surface area contributed by atoms with Gasteiger partial charge in [-0.2, -0.15) is 0 Å². The summed E-state index contributed by atoms with van der Waals surface area (Å²) in [4.78, 5) is 0.365. The highest BCUT2D eigenvalue weighted by Gasteiger charge is 2.13. The molecule has 102 valence electrons. The highest BCUT2D eigenvalue weighted by atomic mass is 32.2. The molecule has 0 radical (unpaired) electrons. The standard InChI is InChI=1S/C13H22N2O2S/c1-4-18(16,17)12-7-5-11(6-8-12)15-13(9-14)10(2)3/h5-8,10,13,15H,4,9,14H2,1-3H3. The molecule has 0 aromatic heterocycles. The zero-order valence-corrected chi connectivity index (χ0v) is 12.0. The molecular weight excluding hydrogens is 248 g/mol.